The van der Waals surface area contributed by atoms with E-state index in [9.17, 15) is 0 Å². The highest BCUT2D eigenvalue weighted by molar-refractivity contribution is 7.26. The highest BCUT2D eigenvalue weighted by Gasteiger charge is 2.61. The van der Waals surface area contributed by atoms with Crippen LogP contribution in [-0.4, -0.2) is 4.57 Å². The summed E-state index contributed by atoms with van der Waals surface area (Å²) < 4.78 is 5.31. The molecule has 1 spiro atoms. The summed E-state index contributed by atoms with van der Waals surface area (Å²) >= 11 is 1.92. The van der Waals surface area contributed by atoms with Crippen molar-refractivity contribution in [3.05, 3.63) is 139 Å². The Kier molecular flexibility index (Phi) is 5.08. The normalized spacial score (nSPS) is 25.2. The zero-order valence-corrected chi connectivity index (χ0v) is 27.6. The van der Waals surface area contributed by atoms with E-state index in [1.165, 1.54) is 102 Å². The molecular formula is C46H35NS. The molecular weight excluding hydrogens is 599 g/mol. The van der Waals surface area contributed by atoms with Gasteiger partial charge < -0.3 is 4.57 Å². The Balaban J connectivity index is 1.11. The lowest BCUT2D eigenvalue weighted by molar-refractivity contribution is -0.0399. The zero-order chi connectivity index (χ0) is 31.1. The minimum Gasteiger partial charge on any atom is -0.309 e. The van der Waals surface area contributed by atoms with Crippen LogP contribution in [0.1, 0.15) is 43.2 Å². The molecule has 5 aliphatic rings. The Labute approximate surface area is 284 Å². The van der Waals surface area contributed by atoms with Gasteiger partial charge in [-0.25, -0.2) is 0 Å². The first-order valence-electron chi connectivity index (χ1n) is 17.9. The van der Waals surface area contributed by atoms with Crippen molar-refractivity contribution in [3.8, 4) is 27.9 Å². The van der Waals surface area contributed by atoms with E-state index in [-0.39, 0.29) is 5.41 Å². The lowest BCUT2D eigenvalue weighted by Crippen LogP contribution is -2.55. The van der Waals surface area contributed by atoms with E-state index in [0.717, 1.165) is 23.7 Å². The van der Waals surface area contributed by atoms with Gasteiger partial charge in [0.1, 0.15) is 0 Å². The lowest BCUT2D eigenvalue weighted by Gasteiger charge is -2.61. The van der Waals surface area contributed by atoms with Crippen molar-refractivity contribution in [3.63, 3.8) is 0 Å². The molecule has 4 bridgehead atoms. The maximum Gasteiger partial charge on any atom is 0.0547 e. The van der Waals surface area contributed by atoms with Gasteiger partial charge in [-0.1, -0.05) is 97.1 Å². The lowest BCUT2D eigenvalue weighted by atomic mass is 9.43. The number of fused-ring (bicyclic) bond motifs is 9. The van der Waals surface area contributed by atoms with Crippen molar-refractivity contribution in [1.29, 1.82) is 0 Å². The van der Waals surface area contributed by atoms with Crippen molar-refractivity contribution in [2.24, 2.45) is 23.7 Å². The first-order chi connectivity index (χ1) is 23.8. The van der Waals surface area contributed by atoms with Crippen LogP contribution in [0.15, 0.2) is 127 Å². The quantitative estimate of drug-likeness (QED) is 0.178. The standard InChI is InChI=1S/C46H35NS/c1-4-13-40-34(8-1)35-19-17-32(26-41(35)46(40)30-21-27-20-28(23-30)24-31(46)22-27)47-42-14-5-2-9-36(42)37-18-16-29(25-43(37)47)33-11-7-12-39-38-10-3-6-15-44(38)48-45(33)39/h1-19,25-28,30-31H,20-24H2. The largest absolute Gasteiger partial charge is 0.309 e. The SMILES string of the molecule is c1ccc2c(c1)-c1ccc(-n3c4ccccc4c4ccc(-c5cccc6c5sc5ccccc56)cc43)cc1C21C2CC3CC(C2)CC1C3. The van der Waals surface area contributed by atoms with E-state index >= 15 is 0 Å². The molecule has 0 N–H and O–H groups in total. The number of aromatic nitrogens is 1. The molecule has 0 atom stereocenters. The third-order valence-electron chi connectivity index (χ3n) is 13.2. The number of hydrogen-bond acceptors (Lipinski definition) is 1. The van der Waals surface area contributed by atoms with Crippen LogP contribution in [0.4, 0.5) is 0 Å². The first-order valence-corrected chi connectivity index (χ1v) is 18.8. The van der Waals surface area contributed by atoms with Crippen LogP contribution in [-0.2, 0) is 5.41 Å². The van der Waals surface area contributed by atoms with E-state index in [1.54, 1.807) is 11.1 Å². The smallest absolute Gasteiger partial charge is 0.0547 e. The Bertz CT molecular complexity index is 2620. The van der Waals surface area contributed by atoms with Crippen molar-refractivity contribution >= 4 is 53.3 Å². The minimum atomic E-state index is 0.163. The molecule has 2 aromatic heterocycles. The number of benzene rings is 6. The molecule has 1 nitrogen and oxygen atoms in total. The summed E-state index contributed by atoms with van der Waals surface area (Å²) in [6, 6.07) is 48.9. The predicted octanol–water partition coefficient (Wildman–Crippen LogP) is 12.5. The summed E-state index contributed by atoms with van der Waals surface area (Å²) in [5.41, 5.74) is 12.9. The van der Waals surface area contributed by atoms with Gasteiger partial charge >= 0.3 is 0 Å². The van der Waals surface area contributed by atoms with E-state index in [0.29, 0.717) is 0 Å². The third-order valence-corrected chi connectivity index (χ3v) is 14.4. The number of para-hydroxylation sites is 1. The molecule has 2 heteroatoms. The predicted molar refractivity (Wildman–Crippen MR) is 202 cm³/mol. The fourth-order valence-corrected chi connectivity index (χ4v) is 12.9. The van der Waals surface area contributed by atoms with Gasteiger partial charge in [0.05, 0.1) is 11.0 Å². The maximum absolute atomic E-state index is 2.64. The van der Waals surface area contributed by atoms with E-state index in [1.807, 2.05) is 11.3 Å². The summed E-state index contributed by atoms with van der Waals surface area (Å²) in [5.74, 6) is 3.41. The Morgan fingerprint density at radius 2 is 1.19 bits per heavy atom. The van der Waals surface area contributed by atoms with Crippen molar-refractivity contribution < 1.29 is 0 Å². The van der Waals surface area contributed by atoms with E-state index < -0.39 is 0 Å². The molecule has 230 valence electrons. The van der Waals surface area contributed by atoms with Gasteiger partial charge in [-0.15, -0.1) is 11.3 Å². The van der Waals surface area contributed by atoms with Gasteiger partial charge in [-0.05, 0) is 119 Å². The monoisotopic (exact) mass is 633 g/mol. The molecule has 4 saturated carbocycles. The molecule has 0 saturated heterocycles. The number of nitrogens with zero attached hydrogens (tertiary/aromatic N) is 1. The average Bonchev–Trinajstić information content (AvgIpc) is 3.76. The molecule has 48 heavy (non-hydrogen) atoms. The summed E-state index contributed by atoms with van der Waals surface area (Å²) in [4.78, 5) is 0. The Morgan fingerprint density at radius 1 is 0.500 bits per heavy atom. The second-order valence-corrected chi connectivity index (χ2v) is 16.4. The molecule has 0 radical (unpaired) electrons. The van der Waals surface area contributed by atoms with Gasteiger partial charge in [0.15, 0.2) is 0 Å². The van der Waals surface area contributed by atoms with Gasteiger partial charge in [0.25, 0.3) is 0 Å². The number of rotatable bonds is 2. The summed E-state index contributed by atoms with van der Waals surface area (Å²) in [5, 5.41) is 5.36. The van der Waals surface area contributed by atoms with Crippen LogP contribution in [0.5, 0.6) is 0 Å². The highest BCUT2D eigenvalue weighted by atomic mass is 32.1. The third kappa shape index (κ3) is 3.23. The van der Waals surface area contributed by atoms with Crippen LogP contribution < -0.4 is 0 Å². The van der Waals surface area contributed by atoms with E-state index in [4.69, 9.17) is 0 Å². The zero-order valence-electron chi connectivity index (χ0n) is 26.8. The van der Waals surface area contributed by atoms with Crippen molar-refractivity contribution in [2.75, 3.05) is 0 Å². The fraction of sp³-hybridized carbons (Fsp3) is 0.217. The fourth-order valence-electron chi connectivity index (χ4n) is 11.7. The Hall–Kier alpha value is -4.66. The van der Waals surface area contributed by atoms with Crippen LogP contribution in [0.2, 0.25) is 0 Å². The average molecular weight is 634 g/mol. The maximum atomic E-state index is 2.64. The highest BCUT2D eigenvalue weighted by Crippen LogP contribution is 2.69. The topological polar surface area (TPSA) is 4.93 Å². The van der Waals surface area contributed by atoms with E-state index in [2.05, 4.69) is 132 Å². The first kappa shape index (κ1) is 26.3. The summed E-state index contributed by atoms with van der Waals surface area (Å²) in [6.07, 6.45) is 7.12. The van der Waals surface area contributed by atoms with Crippen molar-refractivity contribution in [1.82, 2.24) is 4.57 Å². The Morgan fingerprint density at radius 3 is 2.06 bits per heavy atom. The number of thiophene rings is 1. The van der Waals surface area contributed by atoms with Crippen LogP contribution in [0, 0.1) is 23.7 Å². The van der Waals surface area contributed by atoms with Crippen LogP contribution >= 0.6 is 11.3 Å². The molecule has 0 amide bonds. The molecule has 4 fully saturated rings. The summed E-state index contributed by atoms with van der Waals surface area (Å²) in [7, 11) is 0. The van der Waals surface area contributed by atoms with Crippen molar-refractivity contribution in [2.45, 2.75) is 37.5 Å². The molecule has 8 aromatic rings. The molecule has 0 aliphatic heterocycles. The molecule has 6 aromatic carbocycles. The molecule has 2 heterocycles. The second-order valence-electron chi connectivity index (χ2n) is 15.3. The second kappa shape index (κ2) is 9.27. The van der Waals surface area contributed by atoms with Gasteiger partial charge in [0, 0.05) is 42.0 Å². The molecule has 5 aliphatic carbocycles. The molecule has 13 rings (SSSR count). The molecule has 0 unspecified atom stereocenters. The minimum absolute atomic E-state index is 0.163. The number of hydrogen-bond donors (Lipinski definition) is 0. The van der Waals surface area contributed by atoms with Gasteiger partial charge in [-0.2, -0.15) is 0 Å². The van der Waals surface area contributed by atoms with Gasteiger partial charge in [-0.3, -0.25) is 0 Å². The van der Waals surface area contributed by atoms with Crippen LogP contribution in [0.25, 0.3) is 69.9 Å². The summed E-state index contributed by atoms with van der Waals surface area (Å²) in [6.45, 7) is 0. The van der Waals surface area contributed by atoms with Gasteiger partial charge in [0.2, 0.25) is 0 Å². The van der Waals surface area contributed by atoms with Crippen LogP contribution in [0.3, 0.4) is 0 Å².